The molecule has 0 saturated heterocycles. The van der Waals surface area contributed by atoms with Crippen LogP contribution in [0.4, 0.5) is 5.82 Å². The Balaban J connectivity index is 2.30. The normalized spacial score (nSPS) is 22.4. The second kappa shape index (κ2) is 4.14. The number of pyridine rings is 1. The second-order valence-corrected chi connectivity index (χ2v) is 6.22. The largest absolute Gasteiger partial charge is 0.385 e. The van der Waals surface area contributed by atoms with E-state index in [2.05, 4.69) is 18.8 Å². The number of hydrogen-bond acceptors (Lipinski definition) is 3. The molecule has 1 aromatic heterocycles. The molecule has 17 heavy (non-hydrogen) atoms. The number of nitrogens with zero attached hydrogens (tertiary/aromatic N) is 1. The fourth-order valence-corrected chi connectivity index (χ4v) is 2.59. The topological polar surface area (TPSA) is 59.1 Å². The van der Waals surface area contributed by atoms with Gasteiger partial charge in [-0.2, -0.15) is 0 Å². The van der Waals surface area contributed by atoms with Crippen molar-refractivity contribution in [1.82, 2.24) is 4.98 Å². The van der Waals surface area contributed by atoms with Gasteiger partial charge in [0, 0.05) is 11.8 Å². The highest BCUT2D eigenvalue weighted by atomic mass is 35.5. The molecule has 0 unspecified atom stereocenters. The fraction of sp³-hybridized carbons (Fsp3) is 0.615. The lowest BCUT2D eigenvalue weighted by Gasteiger charge is -2.40. The van der Waals surface area contributed by atoms with Gasteiger partial charge in [0.25, 0.3) is 0 Å². The van der Waals surface area contributed by atoms with E-state index in [4.69, 9.17) is 17.3 Å². The van der Waals surface area contributed by atoms with Gasteiger partial charge in [-0.05, 0) is 37.2 Å². The van der Waals surface area contributed by atoms with Gasteiger partial charge in [-0.1, -0.05) is 25.4 Å². The quantitative estimate of drug-likeness (QED) is 0.810. The van der Waals surface area contributed by atoms with Crippen molar-refractivity contribution in [3.63, 3.8) is 0 Å². The van der Waals surface area contributed by atoms with Gasteiger partial charge in [-0.3, -0.25) is 0 Å². The standard InChI is InChI=1S/C13H19ClN2O/c1-12(2)3-5-13(17,6-4-12)10-7-9(14)8-16-11(10)15/h7-8,17H,3-6H2,1-2H3,(H2,15,16). The van der Waals surface area contributed by atoms with Crippen LogP contribution in [0.25, 0.3) is 0 Å². The lowest BCUT2D eigenvalue weighted by molar-refractivity contribution is -0.0301. The lowest BCUT2D eigenvalue weighted by atomic mass is 9.69. The summed E-state index contributed by atoms with van der Waals surface area (Å²) in [6.07, 6.45) is 4.90. The predicted molar refractivity (Wildman–Crippen MR) is 69.8 cm³/mol. The number of anilines is 1. The molecule has 1 heterocycles. The first-order chi connectivity index (χ1) is 7.82. The van der Waals surface area contributed by atoms with Crippen LogP contribution in [0, 0.1) is 5.41 Å². The van der Waals surface area contributed by atoms with Crippen LogP contribution in [-0.4, -0.2) is 10.1 Å². The van der Waals surface area contributed by atoms with Gasteiger partial charge in [-0.25, -0.2) is 4.98 Å². The first-order valence-corrected chi connectivity index (χ1v) is 6.34. The average molecular weight is 255 g/mol. The van der Waals surface area contributed by atoms with Crippen LogP contribution in [0.15, 0.2) is 12.3 Å². The maximum atomic E-state index is 10.7. The van der Waals surface area contributed by atoms with Gasteiger partial charge in [0.15, 0.2) is 0 Å². The predicted octanol–water partition coefficient (Wildman–Crippen LogP) is 3.11. The van der Waals surface area contributed by atoms with Gasteiger partial charge in [0.1, 0.15) is 5.82 Å². The molecule has 0 aliphatic heterocycles. The Morgan fingerprint density at radius 3 is 2.47 bits per heavy atom. The Morgan fingerprint density at radius 2 is 1.88 bits per heavy atom. The number of rotatable bonds is 1. The van der Waals surface area contributed by atoms with E-state index in [1.54, 1.807) is 6.07 Å². The third-order valence-electron chi connectivity index (χ3n) is 3.82. The Kier molecular flexibility index (Phi) is 3.08. The maximum Gasteiger partial charge on any atom is 0.129 e. The monoisotopic (exact) mass is 254 g/mol. The molecule has 1 fully saturated rings. The second-order valence-electron chi connectivity index (χ2n) is 5.78. The maximum absolute atomic E-state index is 10.7. The van der Waals surface area contributed by atoms with E-state index in [1.165, 1.54) is 6.20 Å². The third-order valence-corrected chi connectivity index (χ3v) is 4.02. The average Bonchev–Trinajstić information content (AvgIpc) is 2.26. The summed E-state index contributed by atoms with van der Waals surface area (Å²) >= 11 is 5.92. The van der Waals surface area contributed by atoms with E-state index in [0.717, 1.165) is 12.8 Å². The van der Waals surface area contributed by atoms with Crippen molar-refractivity contribution < 1.29 is 5.11 Å². The summed E-state index contributed by atoms with van der Waals surface area (Å²) in [5.74, 6) is 0.386. The van der Waals surface area contributed by atoms with Crippen molar-refractivity contribution in [3.8, 4) is 0 Å². The first kappa shape index (κ1) is 12.7. The van der Waals surface area contributed by atoms with Crippen LogP contribution in [0.2, 0.25) is 5.02 Å². The Morgan fingerprint density at radius 1 is 1.29 bits per heavy atom. The van der Waals surface area contributed by atoms with Crippen LogP contribution in [0.1, 0.15) is 45.1 Å². The van der Waals surface area contributed by atoms with Gasteiger partial charge in [-0.15, -0.1) is 0 Å². The molecule has 2 rings (SSSR count). The first-order valence-electron chi connectivity index (χ1n) is 5.96. The summed E-state index contributed by atoms with van der Waals surface area (Å²) in [6, 6.07) is 1.74. The van der Waals surface area contributed by atoms with Crippen molar-refractivity contribution >= 4 is 17.4 Å². The number of nitrogens with two attached hydrogens (primary N) is 1. The SMILES string of the molecule is CC1(C)CCC(O)(c2cc(Cl)cnc2N)CC1. The van der Waals surface area contributed by atoms with E-state index in [1.807, 2.05) is 0 Å². The smallest absolute Gasteiger partial charge is 0.129 e. The lowest BCUT2D eigenvalue weighted by Crippen LogP contribution is -2.35. The molecule has 1 aromatic rings. The van der Waals surface area contributed by atoms with Crippen molar-refractivity contribution in [2.75, 3.05) is 5.73 Å². The summed E-state index contributed by atoms with van der Waals surface area (Å²) in [6.45, 7) is 4.46. The summed E-state index contributed by atoms with van der Waals surface area (Å²) in [4.78, 5) is 4.02. The molecule has 0 radical (unpaired) electrons. The van der Waals surface area contributed by atoms with Gasteiger partial charge in [0.2, 0.25) is 0 Å². The Bertz CT molecular complexity index is 421. The summed E-state index contributed by atoms with van der Waals surface area (Å²) in [7, 11) is 0. The molecule has 1 aliphatic rings. The molecule has 4 heteroatoms. The van der Waals surface area contributed by atoms with Crippen molar-refractivity contribution in [3.05, 3.63) is 22.8 Å². The number of aromatic nitrogens is 1. The number of hydrogen-bond donors (Lipinski definition) is 2. The molecule has 3 N–H and O–H groups in total. The van der Waals surface area contributed by atoms with E-state index >= 15 is 0 Å². The van der Waals surface area contributed by atoms with Crippen LogP contribution in [-0.2, 0) is 5.60 Å². The minimum atomic E-state index is -0.864. The summed E-state index contributed by atoms with van der Waals surface area (Å²) in [5, 5.41) is 11.2. The number of aliphatic hydroxyl groups is 1. The summed E-state index contributed by atoms with van der Waals surface area (Å²) in [5.41, 5.74) is 5.96. The van der Waals surface area contributed by atoms with Crippen molar-refractivity contribution in [2.24, 2.45) is 5.41 Å². The highest BCUT2D eigenvalue weighted by molar-refractivity contribution is 6.30. The molecular formula is C13H19ClN2O. The zero-order chi connectivity index (χ0) is 12.7. The van der Waals surface area contributed by atoms with Crippen LogP contribution in [0.5, 0.6) is 0 Å². The van der Waals surface area contributed by atoms with Crippen molar-refractivity contribution in [2.45, 2.75) is 45.1 Å². The molecule has 1 saturated carbocycles. The number of nitrogen functional groups attached to an aromatic ring is 1. The van der Waals surface area contributed by atoms with Crippen LogP contribution < -0.4 is 5.73 Å². The molecule has 0 atom stereocenters. The molecule has 0 spiro atoms. The summed E-state index contributed by atoms with van der Waals surface area (Å²) < 4.78 is 0. The minimum absolute atomic E-state index is 0.299. The minimum Gasteiger partial charge on any atom is -0.385 e. The van der Waals surface area contributed by atoms with E-state index in [0.29, 0.717) is 34.7 Å². The van der Waals surface area contributed by atoms with E-state index in [9.17, 15) is 5.11 Å². The molecule has 94 valence electrons. The molecule has 1 aliphatic carbocycles. The molecule has 0 bridgehead atoms. The third kappa shape index (κ3) is 2.55. The molecule has 3 nitrogen and oxygen atoms in total. The Hall–Kier alpha value is -0.800. The van der Waals surface area contributed by atoms with Crippen LogP contribution >= 0.6 is 11.6 Å². The van der Waals surface area contributed by atoms with E-state index < -0.39 is 5.60 Å². The van der Waals surface area contributed by atoms with Gasteiger partial charge in [0.05, 0.1) is 10.6 Å². The van der Waals surface area contributed by atoms with Gasteiger partial charge >= 0.3 is 0 Å². The zero-order valence-corrected chi connectivity index (χ0v) is 11.1. The Labute approximate surface area is 107 Å². The molecule has 0 amide bonds. The van der Waals surface area contributed by atoms with E-state index in [-0.39, 0.29) is 0 Å². The fourth-order valence-electron chi connectivity index (χ4n) is 2.43. The highest BCUT2D eigenvalue weighted by Crippen LogP contribution is 2.46. The zero-order valence-electron chi connectivity index (χ0n) is 10.3. The molecular weight excluding hydrogens is 236 g/mol. The molecule has 0 aromatic carbocycles. The van der Waals surface area contributed by atoms with Crippen molar-refractivity contribution in [1.29, 1.82) is 0 Å². The highest BCUT2D eigenvalue weighted by Gasteiger charge is 2.39. The number of halogens is 1. The van der Waals surface area contributed by atoms with Gasteiger partial charge < -0.3 is 10.8 Å². The van der Waals surface area contributed by atoms with Crippen LogP contribution in [0.3, 0.4) is 0 Å².